The number of rotatable bonds is 1. The first-order valence-corrected chi connectivity index (χ1v) is 3.25. The first-order valence-electron chi connectivity index (χ1n) is 3.25. The molecule has 0 unspecified atom stereocenters. The summed E-state index contributed by atoms with van der Waals surface area (Å²) >= 11 is 0. The van der Waals surface area contributed by atoms with E-state index in [1.165, 1.54) is 5.57 Å². The number of nitrogens with zero attached hydrogens (tertiary/aromatic N) is 1. The molecule has 2 nitrogen and oxygen atoms in total. The third-order valence-corrected chi connectivity index (χ3v) is 1.48. The first-order chi connectivity index (χ1) is 4.30. The highest BCUT2D eigenvalue weighted by atomic mass is 15.3. The van der Waals surface area contributed by atoms with E-state index in [2.05, 4.69) is 30.5 Å². The Labute approximate surface area is 55.6 Å². The lowest BCUT2D eigenvalue weighted by Gasteiger charge is -2.12. The average Bonchev–Trinajstić information content (AvgIpc) is 1.90. The summed E-state index contributed by atoms with van der Waals surface area (Å²) < 4.78 is 0. The van der Waals surface area contributed by atoms with Crippen LogP contribution < -0.4 is 5.43 Å². The molecule has 0 atom stereocenters. The van der Waals surface area contributed by atoms with E-state index < -0.39 is 0 Å². The summed E-state index contributed by atoms with van der Waals surface area (Å²) in [5.41, 5.74) is 4.34. The summed E-state index contributed by atoms with van der Waals surface area (Å²) in [7, 11) is 0. The van der Waals surface area contributed by atoms with Crippen molar-refractivity contribution < 1.29 is 0 Å². The van der Waals surface area contributed by atoms with Crippen molar-refractivity contribution in [2.45, 2.75) is 13.8 Å². The summed E-state index contributed by atoms with van der Waals surface area (Å²) in [5.74, 6) is 0.643. The van der Waals surface area contributed by atoms with Crippen LogP contribution >= 0.6 is 0 Å². The third kappa shape index (κ3) is 1.56. The molecular weight excluding hydrogens is 112 g/mol. The van der Waals surface area contributed by atoms with Crippen molar-refractivity contribution >= 4 is 6.21 Å². The second kappa shape index (κ2) is 2.67. The molecule has 0 radical (unpaired) electrons. The van der Waals surface area contributed by atoms with Crippen LogP contribution in [0.4, 0.5) is 0 Å². The molecule has 50 valence electrons. The van der Waals surface area contributed by atoms with Crippen molar-refractivity contribution in [1.29, 1.82) is 0 Å². The highest BCUT2D eigenvalue weighted by molar-refractivity contribution is 5.73. The predicted molar refractivity (Wildman–Crippen MR) is 39.4 cm³/mol. The minimum absolute atomic E-state index is 0.643. The molecule has 2 heteroatoms. The van der Waals surface area contributed by atoms with Gasteiger partial charge in [-0.3, -0.25) is 0 Å². The van der Waals surface area contributed by atoms with Crippen molar-refractivity contribution in [2.24, 2.45) is 11.0 Å². The van der Waals surface area contributed by atoms with Crippen LogP contribution in [-0.4, -0.2) is 12.8 Å². The Morgan fingerprint density at radius 2 is 2.44 bits per heavy atom. The normalized spacial score (nSPS) is 17.4. The molecule has 9 heavy (non-hydrogen) atoms. The Morgan fingerprint density at radius 1 is 1.67 bits per heavy atom. The zero-order valence-corrected chi connectivity index (χ0v) is 5.89. The topological polar surface area (TPSA) is 24.4 Å². The number of allylic oxidation sites excluding steroid dienone is 1. The Kier molecular flexibility index (Phi) is 1.88. The molecule has 0 aliphatic carbocycles. The molecule has 1 aliphatic rings. The van der Waals surface area contributed by atoms with E-state index in [4.69, 9.17) is 0 Å². The fourth-order valence-electron chi connectivity index (χ4n) is 0.778. The summed E-state index contributed by atoms with van der Waals surface area (Å²) in [6, 6.07) is 0. The van der Waals surface area contributed by atoms with E-state index in [-0.39, 0.29) is 0 Å². The molecule has 1 N–H and O–H groups in total. The maximum absolute atomic E-state index is 3.86. The van der Waals surface area contributed by atoms with Gasteiger partial charge in [0, 0.05) is 6.21 Å². The van der Waals surface area contributed by atoms with Gasteiger partial charge in [0.15, 0.2) is 0 Å². The second-order valence-electron chi connectivity index (χ2n) is 2.51. The van der Waals surface area contributed by atoms with Crippen molar-refractivity contribution in [2.75, 3.05) is 6.54 Å². The molecule has 0 saturated carbocycles. The van der Waals surface area contributed by atoms with E-state index in [0.29, 0.717) is 5.92 Å². The zero-order chi connectivity index (χ0) is 6.69. The number of hydrogen-bond acceptors (Lipinski definition) is 2. The molecule has 0 spiro atoms. The van der Waals surface area contributed by atoms with E-state index >= 15 is 0 Å². The highest BCUT2D eigenvalue weighted by Crippen LogP contribution is 2.08. The van der Waals surface area contributed by atoms with Crippen LogP contribution in [0.3, 0.4) is 0 Å². The predicted octanol–water partition coefficient (Wildman–Crippen LogP) is 1.16. The first kappa shape index (κ1) is 6.33. The zero-order valence-electron chi connectivity index (χ0n) is 5.89. The maximum atomic E-state index is 3.86. The molecule has 1 aliphatic heterocycles. The molecule has 0 aromatic rings. The van der Waals surface area contributed by atoms with Gasteiger partial charge in [0.25, 0.3) is 0 Å². The molecule has 0 bridgehead atoms. The minimum Gasteiger partial charge on any atom is -0.306 e. The van der Waals surface area contributed by atoms with Crippen molar-refractivity contribution in [3.63, 3.8) is 0 Å². The molecule has 0 aromatic heterocycles. The fourth-order valence-corrected chi connectivity index (χ4v) is 0.778. The van der Waals surface area contributed by atoms with Crippen LogP contribution in [0.2, 0.25) is 0 Å². The van der Waals surface area contributed by atoms with Crippen LogP contribution in [0, 0.1) is 5.92 Å². The van der Waals surface area contributed by atoms with Gasteiger partial charge in [-0.25, -0.2) is 0 Å². The molecular formula is C7H12N2. The van der Waals surface area contributed by atoms with E-state index in [0.717, 1.165) is 6.54 Å². The van der Waals surface area contributed by atoms with Crippen molar-refractivity contribution in [3.05, 3.63) is 11.6 Å². The minimum atomic E-state index is 0.643. The van der Waals surface area contributed by atoms with Gasteiger partial charge < -0.3 is 5.43 Å². The quantitative estimate of drug-likeness (QED) is 0.557. The average molecular weight is 124 g/mol. The monoisotopic (exact) mass is 124 g/mol. The summed E-state index contributed by atoms with van der Waals surface area (Å²) in [4.78, 5) is 0. The van der Waals surface area contributed by atoms with E-state index in [1.54, 1.807) is 6.21 Å². The van der Waals surface area contributed by atoms with Gasteiger partial charge in [-0.05, 0) is 17.6 Å². The van der Waals surface area contributed by atoms with Crippen molar-refractivity contribution in [3.8, 4) is 0 Å². The lowest BCUT2D eigenvalue weighted by molar-refractivity contribution is 0.678. The summed E-state index contributed by atoms with van der Waals surface area (Å²) in [5, 5.41) is 3.86. The van der Waals surface area contributed by atoms with Crippen LogP contribution in [0.15, 0.2) is 16.8 Å². The molecule has 0 fully saturated rings. The summed E-state index contributed by atoms with van der Waals surface area (Å²) in [6.07, 6.45) is 3.88. The highest BCUT2D eigenvalue weighted by Gasteiger charge is 2.02. The lowest BCUT2D eigenvalue weighted by Crippen LogP contribution is -2.17. The molecule has 1 rings (SSSR count). The SMILES string of the molecule is CC(C)C1=CC=NNC1. The molecule has 0 aromatic carbocycles. The fraction of sp³-hybridized carbons (Fsp3) is 0.571. The third-order valence-electron chi connectivity index (χ3n) is 1.48. The molecule has 0 saturated heterocycles. The Morgan fingerprint density at radius 3 is 2.78 bits per heavy atom. The second-order valence-corrected chi connectivity index (χ2v) is 2.51. The van der Waals surface area contributed by atoms with Crippen LogP contribution in [-0.2, 0) is 0 Å². The van der Waals surface area contributed by atoms with Crippen LogP contribution in [0.5, 0.6) is 0 Å². The largest absolute Gasteiger partial charge is 0.306 e. The standard InChI is InChI=1S/C7H12N2/c1-6(2)7-3-4-8-9-5-7/h3-4,6,9H,5H2,1-2H3. The number of hydrogen-bond donors (Lipinski definition) is 1. The van der Waals surface area contributed by atoms with Gasteiger partial charge in [0.2, 0.25) is 0 Å². The number of nitrogens with one attached hydrogen (secondary N) is 1. The van der Waals surface area contributed by atoms with Crippen molar-refractivity contribution in [1.82, 2.24) is 5.43 Å². The van der Waals surface area contributed by atoms with Gasteiger partial charge in [-0.1, -0.05) is 13.8 Å². The number of hydrazone groups is 1. The summed E-state index contributed by atoms with van der Waals surface area (Å²) in [6.45, 7) is 5.29. The lowest BCUT2D eigenvalue weighted by atomic mass is 10.0. The van der Waals surface area contributed by atoms with Crippen LogP contribution in [0.1, 0.15) is 13.8 Å². The maximum Gasteiger partial charge on any atom is 0.0545 e. The van der Waals surface area contributed by atoms with Gasteiger partial charge in [-0.15, -0.1) is 0 Å². The molecule has 0 amide bonds. The van der Waals surface area contributed by atoms with E-state index in [9.17, 15) is 0 Å². The van der Waals surface area contributed by atoms with E-state index in [1.807, 2.05) is 0 Å². The Hall–Kier alpha value is -0.790. The van der Waals surface area contributed by atoms with Gasteiger partial charge in [0.1, 0.15) is 0 Å². The van der Waals surface area contributed by atoms with Gasteiger partial charge in [0.05, 0.1) is 6.54 Å². The van der Waals surface area contributed by atoms with Gasteiger partial charge in [-0.2, -0.15) is 5.10 Å². The molecule has 1 heterocycles. The smallest absolute Gasteiger partial charge is 0.0545 e. The Balaban J connectivity index is 2.57. The van der Waals surface area contributed by atoms with Gasteiger partial charge >= 0.3 is 0 Å². The Bertz CT molecular complexity index is 145. The van der Waals surface area contributed by atoms with Crippen LogP contribution in [0.25, 0.3) is 0 Å².